The molecule has 0 aromatic heterocycles. The highest BCUT2D eigenvalue weighted by Crippen LogP contribution is 2.37. The summed E-state index contributed by atoms with van der Waals surface area (Å²) in [5.74, 6) is 0.344. The van der Waals surface area contributed by atoms with Gasteiger partial charge in [-0.15, -0.1) is 0 Å². The second kappa shape index (κ2) is 6.14. The molecule has 1 aromatic carbocycles. The van der Waals surface area contributed by atoms with Crippen LogP contribution in [0, 0.1) is 0 Å². The lowest BCUT2D eigenvalue weighted by Gasteiger charge is -2.32. The molecule has 0 unspecified atom stereocenters. The van der Waals surface area contributed by atoms with Crippen molar-refractivity contribution in [2.75, 3.05) is 0 Å². The van der Waals surface area contributed by atoms with Gasteiger partial charge >= 0.3 is 0 Å². The molecular weight excluding hydrogens is 236 g/mol. The van der Waals surface area contributed by atoms with Gasteiger partial charge in [0.1, 0.15) is 0 Å². The summed E-state index contributed by atoms with van der Waals surface area (Å²) >= 11 is 0. The topological polar surface area (TPSA) is 34.1 Å². The van der Waals surface area contributed by atoms with Gasteiger partial charge < -0.3 is 0 Å². The molecule has 104 valence electrons. The number of carbonyl (C=O) groups excluding carboxylic acids is 2. The van der Waals surface area contributed by atoms with Crippen molar-refractivity contribution in [3.8, 4) is 0 Å². The molecule has 2 heteroatoms. The fraction of sp³-hybridized carbons (Fsp3) is 0.529. The van der Waals surface area contributed by atoms with E-state index in [1.54, 1.807) is 6.07 Å². The first kappa shape index (κ1) is 15.6. The highest BCUT2D eigenvalue weighted by atomic mass is 16.1. The molecule has 0 saturated heterocycles. The number of Topliss-reactive ketones (excluding diaryl/α,β-unsaturated/α-hetero) is 2. The summed E-state index contributed by atoms with van der Waals surface area (Å²) in [6.07, 6.45) is 1.98. The zero-order valence-corrected chi connectivity index (χ0v) is 12.7. The third-order valence-electron chi connectivity index (χ3n) is 3.67. The molecule has 2 rings (SSSR count). The maximum Gasteiger partial charge on any atom is 0.163 e. The van der Waals surface area contributed by atoms with E-state index in [1.165, 1.54) is 0 Å². The summed E-state index contributed by atoms with van der Waals surface area (Å²) in [5.41, 5.74) is 2.56. The zero-order valence-electron chi connectivity index (χ0n) is 12.7. The fourth-order valence-corrected chi connectivity index (χ4v) is 2.42. The molecule has 0 fully saturated rings. The Morgan fingerprint density at radius 2 is 1.89 bits per heavy atom. The third kappa shape index (κ3) is 3.12. The van der Waals surface area contributed by atoms with Crippen LogP contribution in [0.1, 0.15) is 80.2 Å². The molecule has 0 bridgehead atoms. The zero-order chi connectivity index (χ0) is 14.6. The maximum atomic E-state index is 11.8. The Kier molecular flexibility index (Phi) is 5.04. The number of hydrogen-bond donors (Lipinski definition) is 0. The van der Waals surface area contributed by atoms with Crippen molar-refractivity contribution in [1.82, 2.24) is 0 Å². The van der Waals surface area contributed by atoms with Gasteiger partial charge in [-0.2, -0.15) is 0 Å². The first-order valence-corrected chi connectivity index (χ1v) is 7.16. The molecule has 0 radical (unpaired) electrons. The summed E-state index contributed by atoms with van der Waals surface area (Å²) in [4.78, 5) is 23.5. The van der Waals surface area contributed by atoms with Crippen molar-refractivity contribution in [2.24, 2.45) is 0 Å². The lowest BCUT2D eigenvalue weighted by molar-refractivity contribution is 0.0951. The van der Waals surface area contributed by atoms with Gasteiger partial charge in [-0.1, -0.05) is 46.8 Å². The Morgan fingerprint density at radius 3 is 2.47 bits per heavy atom. The van der Waals surface area contributed by atoms with Crippen LogP contribution in [0.3, 0.4) is 0 Å². The van der Waals surface area contributed by atoms with E-state index in [2.05, 4.69) is 13.8 Å². The van der Waals surface area contributed by atoms with E-state index < -0.39 is 0 Å². The number of rotatable bonds is 2. The van der Waals surface area contributed by atoms with E-state index in [9.17, 15) is 9.59 Å². The van der Waals surface area contributed by atoms with Crippen molar-refractivity contribution in [3.05, 3.63) is 34.9 Å². The quantitative estimate of drug-likeness (QED) is 0.730. The summed E-state index contributed by atoms with van der Waals surface area (Å²) in [6.45, 7) is 10.1. The van der Waals surface area contributed by atoms with Gasteiger partial charge in [0.25, 0.3) is 0 Å². The third-order valence-corrected chi connectivity index (χ3v) is 3.67. The van der Waals surface area contributed by atoms with Crippen molar-refractivity contribution in [3.63, 3.8) is 0 Å². The monoisotopic (exact) mass is 260 g/mol. The molecule has 0 aliphatic heterocycles. The van der Waals surface area contributed by atoms with E-state index in [-0.39, 0.29) is 17.0 Å². The van der Waals surface area contributed by atoms with Crippen LogP contribution in [-0.2, 0) is 5.41 Å². The van der Waals surface area contributed by atoms with Crippen LogP contribution in [0.2, 0.25) is 0 Å². The molecule has 1 aromatic rings. The van der Waals surface area contributed by atoms with Crippen molar-refractivity contribution >= 4 is 11.6 Å². The summed E-state index contributed by atoms with van der Waals surface area (Å²) in [7, 11) is 0. The lowest BCUT2D eigenvalue weighted by Crippen LogP contribution is -2.27. The molecule has 19 heavy (non-hydrogen) atoms. The summed E-state index contributed by atoms with van der Waals surface area (Å²) < 4.78 is 0. The predicted molar refractivity (Wildman–Crippen MR) is 79.0 cm³/mol. The molecule has 2 nitrogen and oxygen atoms in total. The van der Waals surface area contributed by atoms with Gasteiger partial charge in [-0.3, -0.25) is 9.59 Å². The Labute approximate surface area is 116 Å². The number of carbonyl (C=O) groups is 2. The van der Waals surface area contributed by atoms with Crippen LogP contribution in [0.4, 0.5) is 0 Å². The maximum absolute atomic E-state index is 11.8. The first-order valence-electron chi connectivity index (χ1n) is 7.16. The Bertz CT molecular complexity index is 484. The van der Waals surface area contributed by atoms with Crippen LogP contribution in [0.25, 0.3) is 0 Å². The van der Waals surface area contributed by atoms with Gasteiger partial charge in [0.15, 0.2) is 11.6 Å². The van der Waals surface area contributed by atoms with Crippen molar-refractivity contribution in [2.45, 2.75) is 59.3 Å². The smallest absolute Gasteiger partial charge is 0.163 e. The first-order chi connectivity index (χ1) is 8.95. The number of benzene rings is 1. The van der Waals surface area contributed by atoms with Gasteiger partial charge in [0.2, 0.25) is 0 Å². The van der Waals surface area contributed by atoms with Crippen molar-refractivity contribution in [1.29, 1.82) is 0 Å². The van der Waals surface area contributed by atoms with Crippen LogP contribution < -0.4 is 0 Å². The molecule has 0 saturated carbocycles. The van der Waals surface area contributed by atoms with E-state index in [0.717, 1.165) is 23.1 Å². The fourth-order valence-electron chi connectivity index (χ4n) is 2.42. The SMILES string of the molecule is CC.CCC(=O)c1ccc2c(c1)C(C)(C)CCC2=O. The molecule has 0 heterocycles. The molecule has 1 aliphatic carbocycles. The van der Waals surface area contributed by atoms with Crippen LogP contribution >= 0.6 is 0 Å². The highest BCUT2D eigenvalue weighted by Gasteiger charge is 2.31. The van der Waals surface area contributed by atoms with Crippen LogP contribution in [-0.4, -0.2) is 11.6 Å². The van der Waals surface area contributed by atoms with Gasteiger partial charge in [0, 0.05) is 24.0 Å². The average molecular weight is 260 g/mol. The second-order valence-corrected chi connectivity index (χ2v) is 5.34. The van der Waals surface area contributed by atoms with Gasteiger partial charge in [-0.05, 0) is 23.5 Å². The summed E-state index contributed by atoms with van der Waals surface area (Å²) in [6, 6.07) is 5.52. The van der Waals surface area contributed by atoms with E-state index in [1.807, 2.05) is 32.9 Å². The Morgan fingerprint density at radius 1 is 1.26 bits per heavy atom. The number of ketones is 2. The molecule has 0 spiro atoms. The van der Waals surface area contributed by atoms with Gasteiger partial charge in [-0.25, -0.2) is 0 Å². The highest BCUT2D eigenvalue weighted by molar-refractivity contribution is 6.02. The molecule has 0 N–H and O–H groups in total. The molecule has 0 atom stereocenters. The minimum Gasteiger partial charge on any atom is -0.294 e. The summed E-state index contributed by atoms with van der Waals surface area (Å²) in [5, 5.41) is 0. The van der Waals surface area contributed by atoms with Crippen LogP contribution in [0.5, 0.6) is 0 Å². The van der Waals surface area contributed by atoms with Crippen LogP contribution in [0.15, 0.2) is 18.2 Å². The van der Waals surface area contributed by atoms with Gasteiger partial charge in [0.05, 0.1) is 0 Å². The predicted octanol–water partition coefficient (Wildman–Crippen LogP) is 4.56. The number of fused-ring (bicyclic) bond motifs is 1. The molecule has 0 amide bonds. The minimum absolute atomic E-state index is 0.00667. The number of hydrogen-bond acceptors (Lipinski definition) is 2. The second-order valence-electron chi connectivity index (χ2n) is 5.34. The largest absolute Gasteiger partial charge is 0.294 e. The standard InChI is InChI=1S/C15H18O2.C2H6/c1-4-13(16)10-5-6-11-12(9-10)15(2,3)8-7-14(11)17;1-2/h5-6,9H,4,7-8H2,1-3H3;1-2H3. The normalized spacial score (nSPS) is 16.2. The lowest BCUT2D eigenvalue weighted by atomic mass is 9.71. The average Bonchev–Trinajstić information content (AvgIpc) is 2.44. The molecular formula is C17H24O2. The van der Waals surface area contributed by atoms with Crippen molar-refractivity contribution < 1.29 is 9.59 Å². The minimum atomic E-state index is -0.00667. The molecule has 1 aliphatic rings. The Balaban J connectivity index is 0.000000861. The van der Waals surface area contributed by atoms with E-state index in [0.29, 0.717) is 12.8 Å². The Hall–Kier alpha value is -1.44. The van der Waals surface area contributed by atoms with E-state index in [4.69, 9.17) is 0 Å². The van der Waals surface area contributed by atoms with E-state index >= 15 is 0 Å².